The molecule has 0 radical (unpaired) electrons. The first kappa shape index (κ1) is 22.7. The lowest BCUT2D eigenvalue weighted by Crippen LogP contribution is -2.49. The van der Waals surface area contributed by atoms with Crippen LogP contribution in [-0.2, 0) is 9.84 Å². The summed E-state index contributed by atoms with van der Waals surface area (Å²) in [5.41, 5.74) is 5.65. The summed E-state index contributed by atoms with van der Waals surface area (Å²) < 4.78 is 26.1. The number of aromatic nitrogens is 2. The van der Waals surface area contributed by atoms with E-state index in [4.69, 9.17) is 0 Å². The molecule has 3 aromatic rings. The maximum atomic E-state index is 13.4. The minimum atomic E-state index is -3.08. The predicted octanol–water partition coefficient (Wildman–Crippen LogP) is 3.49. The molecular formula is C26H30N4O3S. The van der Waals surface area contributed by atoms with Crippen LogP contribution in [0.2, 0.25) is 0 Å². The third kappa shape index (κ3) is 4.59. The zero-order valence-electron chi connectivity index (χ0n) is 19.6. The second-order valence-corrected chi connectivity index (χ2v) is 11.6. The fourth-order valence-corrected chi connectivity index (χ4v) is 6.53. The minimum absolute atomic E-state index is 0.0658. The van der Waals surface area contributed by atoms with E-state index in [-0.39, 0.29) is 23.5 Å². The number of piperazine rings is 1. The van der Waals surface area contributed by atoms with Gasteiger partial charge in [-0.3, -0.25) is 9.48 Å². The molecule has 0 saturated carbocycles. The van der Waals surface area contributed by atoms with Gasteiger partial charge in [-0.05, 0) is 49.6 Å². The molecule has 3 heterocycles. The van der Waals surface area contributed by atoms with Crippen molar-refractivity contribution in [2.24, 2.45) is 0 Å². The summed E-state index contributed by atoms with van der Waals surface area (Å²) in [7, 11) is -3.08. The smallest absolute Gasteiger partial charge is 0.274 e. The van der Waals surface area contributed by atoms with Crippen LogP contribution in [0.5, 0.6) is 0 Å². The van der Waals surface area contributed by atoms with Crippen LogP contribution in [0.1, 0.15) is 34.1 Å². The number of nitrogens with zero attached hydrogens (tertiary/aromatic N) is 4. The number of amides is 1. The third-order valence-electron chi connectivity index (χ3n) is 6.79. The third-order valence-corrected chi connectivity index (χ3v) is 8.54. The van der Waals surface area contributed by atoms with Gasteiger partial charge in [-0.25, -0.2) is 8.42 Å². The first-order valence-electron chi connectivity index (χ1n) is 11.8. The molecule has 1 aromatic heterocycles. The van der Waals surface area contributed by atoms with Crippen molar-refractivity contribution in [1.29, 1.82) is 0 Å². The van der Waals surface area contributed by atoms with Crippen LogP contribution >= 0.6 is 0 Å². The first-order chi connectivity index (χ1) is 16.3. The molecule has 178 valence electrons. The van der Waals surface area contributed by atoms with Crippen molar-refractivity contribution in [3.8, 4) is 11.3 Å². The van der Waals surface area contributed by atoms with E-state index in [1.54, 1.807) is 4.68 Å². The molecule has 34 heavy (non-hydrogen) atoms. The van der Waals surface area contributed by atoms with Crippen LogP contribution in [0.3, 0.4) is 0 Å². The Kier molecular flexibility index (Phi) is 5.93. The summed E-state index contributed by atoms with van der Waals surface area (Å²) >= 11 is 0. The summed E-state index contributed by atoms with van der Waals surface area (Å²) in [6, 6.07) is 18.0. The van der Waals surface area contributed by atoms with Gasteiger partial charge in [-0.15, -0.1) is 0 Å². The van der Waals surface area contributed by atoms with Crippen LogP contribution in [0.15, 0.2) is 54.6 Å². The topological polar surface area (TPSA) is 75.5 Å². The molecule has 0 spiro atoms. The predicted molar refractivity (Wildman–Crippen MR) is 134 cm³/mol. The highest BCUT2D eigenvalue weighted by molar-refractivity contribution is 7.91. The molecule has 0 aliphatic carbocycles. The van der Waals surface area contributed by atoms with Gasteiger partial charge in [0.1, 0.15) is 0 Å². The minimum Gasteiger partial charge on any atom is -0.368 e. The Bertz CT molecular complexity index is 1310. The van der Waals surface area contributed by atoms with E-state index in [0.717, 1.165) is 29.9 Å². The Labute approximate surface area is 200 Å². The number of carbonyl (C=O) groups excluding carboxylic acids is 1. The number of hydrogen-bond acceptors (Lipinski definition) is 5. The number of carbonyl (C=O) groups is 1. The molecule has 2 aliphatic heterocycles. The van der Waals surface area contributed by atoms with Gasteiger partial charge in [-0.1, -0.05) is 42.0 Å². The monoisotopic (exact) mass is 478 g/mol. The van der Waals surface area contributed by atoms with Gasteiger partial charge < -0.3 is 9.80 Å². The highest BCUT2D eigenvalue weighted by Crippen LogP contribution is 2.31. The van der Waals surface area contributed by atoms with E-state index in [1.807, 2.05) is 42.2 Å². The van der Waals surface area contributed by atoms with Crippen molar-refractivity contribution in [2.45, 2.75) is 26.3 Å². The van der Waals surface area contributed by atoms with Gasteiger partial charge in [0.15, 0.2) is 15.5 Å². The number of sulfone groups is 1. The van der Waals surface area contributed by atoms with E-state index >= 15 is 0 Å². The number of anilines is 1. The Balaban J connectivity index is 1.38. The number of hydrogen-bond donors (Lipinski definition) is 0. The SMILES string of the molecule is Cc1ccc(-c2cc(C(=O)N3CCN(c4cccc(C)c4)CC3)nn2C2CCS(=O)(=O)C2)cc1. The lowest BCUT2D eigenvalue weighted by Gasteiger charge is -2.36. The van der Waals surface area contributed by atoms with Crippen LogP contribution in [-0.4, -0.2) is 66.7 Å². The molecule has 1 atom stereocenters. The molecule has 0 bridgehead atoms. The van der Waals surface area contributed by atoms with E-state index in [0.29, 0.717) is 25.2 Å². The number of rotatable bonds is 4. The van der Waals surface area contributed by atoms with Crippen molar-refractivity contribution >= 4 is 21.4 Å². The Morgan fingerprint density at radius 2 is 1.68 bits per heavy atom. The average molecular weight is 479 g/mol. The molecule has 1 unspecified atom stereocenters. The summed E-state index contributed by atoms with van der Waals surface area (Å²) in [6.45, 7) is 6.88. The van der Waals surface area contributed by atoms with Crippen molar-refractivity contribution in [3.63, 3.8) is 0 Å². The second kappa shape index (κ2) is 8.91. The first-order valence-corrected chi connectivity index (χ1v) is 13.6. The zero-order chi connectivity index (χ0) is 23.9. The summed E-state index contributed by atoms with van der Waals surface area (Å²) in [5, 5.41) is 4.67. The molecule has 1 amide bonds. The summed E-state index contributed by atoms with van der Waals surface area (Å²) in [6.07, 6.45) is 0.520. The van der Waals surface area contributed by atoms with E-state index in [1.165, 1.54) is 11.3 Å². The van der Waals surface area contributed by atoms with Crippen LogP contribution in [0.4, 0.5) is 5.69 Å². The average Bonchev–Trinajstić information content (AvgIpc) is 3.42. The summed E-state index contributed by atoms with van der Waals surface area (Å²) in [4.78, 5) is 17.6. The van der Waals surface area contributed by atoms with E-state index in [2.05, 4.69) is 41.2 Å². The normalized spacial score (nSPS) is 20.0. The summed E-state index contributed by atoms with van der Waals surface area (Å²) in [5.74, 6) is 0.127. The van der Waals surface area contributed by atoms with Crippen LogP contribution in [0.25, 0.3) is 11.3 Å². The van der Waals surface area contributed by atoms with Crippen molar-refractivity contribution in [1.82, 2.24) is 14.7 Å². The van der Waals surface area contributed by atoms with Gasteiger partial charge >= 0.3 is 0 Å². The lowest BCUT2D eigenvalue weighted by molar-refractivity contribution is 0.0739. The molecular weight excluding hydrogens is 448 g/mol. The van der Waals surface area contributed by atoms with Gasteiger partial charge in [0, 0.05) is 31.9 Å². The lowest BCUT2D eigenvalue weighted by atomic mass is 10.1. The molecule has 7 nitrogen and oxygen atoms in total. The van der Waals surface area contributed by atoms with Crippen LogP contribution < -0.4 is 4.90 Å². The molecule has 0 N–H and O–H groups in total. The van der Waals surface area contributed by atoms with Gasteiger partial charge in [0.2, 0.25) is 0 Å². The highest BCUT2D eigenvalue weighted by atomic mass is 32.2. The molecule has 8 heteroatoms. The highest BCUT2D eigenvalue weighted by Gasteiger charge is 2.33. The second-order valence-electron chi connectivity index (χ2n) is 9.40. The fraction of sp³-hybridized carbons (Fsp3) is 0.385. The Morgan fingerprint density at radius 3 is 2.32 bits per heavy atom. The quantitative estimate of drug-likeness (QED) is 0.574. The molecule has 2 saturated heterocycles. The maximum absolute atomic E-state index is 13.4. The van der Waals surface area contributed by atoms with Crippen molar-refractivity contribution < 1.29 is 13.2 Å². The Hall–Kier alpha value is -3.13. The van der Waals surface area contributed by atoms with Crippen LogP contribution in [0, 0.1) is 13.8 Å². The van der Waals surface area contributed by atoms with E-state index < -0.39 is 9.84 Å². The number of benzene rings is 2. The van der Waals surface area contributed by atoms with E-state index in [9.17, 15) is 13.2 Å². The van der Waals surface area contributed by atoms with Crippen molar-refractivity contribution in [3.05, 3.63) is 71.4 Å². The van der Waals surface area contributed by atoms with Gasteiger partial charge in [0.25, 0.3) is 5.91 Å². The fourth-order valence-electron chi connectivity index (χ4n) is 4.84. The van der Waals surface area contributed by atoms with Crippen molar-refractivity contribution in [2.75, 3.05) is 42.6 Å². The molecule has 2 fully saturated rings. The maximum Gasteiger partial charge on any atom is 0.274 e. The van der Waals surface area contributed by atoms with Gasteiger partial charge in [0.05, 0.1) is 23.2 Å². The molecule has 5 rings (SSSR count). The van der Waals surface area contributed by atoms with Gasteiger partial charge in [-0.2, -0.15) is 5.10 Å². The largest absolute Gasteiger partial charge is 0.368 e. The molecule has 2 aliphatic rings. The zero-order valence-corrected chi connectivity index (χ0v) is 20.5. The molecule has 2 aromatic carbocycles. The Morgan fingerprint density at radius 1 is 0.941 bits per heavy atom. The standard InChI is InChI=1S/C26H30N4O3S/c1-19-6-8-21(9-7-19)25-17-24(27-30(25)23-10-15-34(32,33)18-23)26(31)29-13-11-28(12-14-29)22-5-3-4-20(2)16-22/h3-9,16-17,23H,10-15,18H2,1-2H3. The number of aryl methyl sites for hydroxylation is 2.